The van der Waals surface area contributed by atoms with Gasteiger partial charge in [-0.2, -0.15) is 18.3 Å². The van der Waals surface area contributed by atoms with Gasteiger partial charge in [0.15, 0.2) is 5.69 Å². The summed E-state index contributed by atoms with van der Waals surface area (Å²) < 4.78 is 38.4. The highest BCUT2D eigenvalue weighted by Crippen LogP contribution is 2.27. The Labute approximate surface area is 105 Å². The molecule has 1 N–H and O–H groups in total. The molecular formula is C12H20F3N3. The highest BCUT2D eigenvalue weighted by Gasteiger charge is 2.33. The summed E-state index contributed by atoms with van der Waals surface area (Å²) in [5, 5.41) is 6.85. The van der Waals surface area contributed by atoms with Gasteiger partial charge in [0.25, 0.3) is 0 Å². The van der Waals surface area contributed by atoms with Crippen molar-refractivity contribution in [3.05, 3.63) is 18.0 Å². The van der Waals surface area contributed by atoms with Gasteiger partial charge in [-0.15, -0.1) is 0 Å². The first kappa shape index (κ1) is 15.0. The molecule has 0 saturated heterocycles. The molecule has 0 aliphatic carbocycles. The summed E-state index contributed by atoms with van der Waals surface area (Å²) in [5.74, 6) is 0.213. The lowest BCUT2D eigenvalue weighted by molar-refractivity contribution is -0.141. The molecule has 1 unspecified atom stereocenters. The maximum atomic E-state index is 12.4. The van der Waals surface area contributed by atoms with Crippen molar-refractivity contribution in [2.24, 2.45) is 5.92 Å². The maximum absolute atomic E-state index is 12.4. The Morgan fingerprint density at radius 2 is 1.94 bits per heavy atom. The molecule has 1 heterocycles. The van der Waals surface area contributed by atoms with E-state index in [1.54, 1.807) is 0 Å². The zero-order chi connectivity index (χ0) is 14.0. The Hall–Kier alpha value is -1.04. The lowest BCUT2D eigenvalue weighted by Gasteiger charge is -2.23. The quantitative estimate of drug-likeness (QED) is 0.905. The summed E-state index contributed by atoms with van der Waals surface area (Å²) in [4.78, 5) is 0. The highest BCUT2D eigenvalue weighted by atomic mass is 19.4. The predicted molar refractivity (Wildman–Crippen MR) is 64.1 cm³/mol. The van der Waals surface area contributed by atoms with Crippen LogP contribution in [0.25, 0.3) is 0 Å². The molecule has 0 radical (unpaired) electrons. The molecule has 0 saturated carbocycles. The number of aromatic nitrogens is 2. The van der Waals surface area contributed by atoms with Crippen LogP contribution >= 0.6 is 0 Å². The average molecular weight is 263 g/mol. The third kappa shape index (κ3) is 5.08. The Kier molecular flexibility index (Phi) is 4.42. The van der Waals surface area contributed by atoms with Crippen LogP contribution in [0.2, 0.25) is 0 Å². The number of alkyl halides is 3. The number of rotatable bonds is 4. The standard InChI is InChI=1S/C12H20F3N3/c1-9(7-16-11(2,3)4)8-18-6-5-10(17-18)12(13,14)15/h5-6,9,16H,7-8H2,1-4H3. The van der Waals surface area contributed by atoms with Crippen LogP contribution in [-0.4, -0.2) is 21.9 Å². The van der Waals surface area contributed by atoms with Gasteiger partial charge in [-0.1, -0.05) is 6.92 Å². The van der Waals surface area contributed by atoms with E-state index in [9.17, 15) is 13.2 Å². The van der Waals surface area contributed by atoms with Gasteiger partial charge in [-0.25, -0.2) is 0 Å². The lowest BCUT2D eigenvalue weighted by atomic mass is 10.1. The summed E-state index contributed by atoms with van der Waals surface area (Å²) in [6, 6.07) is 1.00. The third-order valence-corrected chi connectivity index (χ3v) is 2.41. The molecule has 0 fully saturated rings. The minimum Gasteiger partial charge on any atom is -0.312 e. The van der Waals surface area contributed by atoms with Crippen molar-refractivity contribution >= 4 is 0 Å². The zero-order valence-electron chi connectivity index (χ0n) is 11.2. The van der Waals surface area contributed by atoms with Crippen molar-refractivity contribution in [2.75, 3.05) is 6.54 Å². The zero-order valence-corrected chi connectivity index (χ0v) is 11.2. The molecule has 0 aromatic carbocycles. The molecule has 0 spiro atoms. The van der Waals surface area contributed by atoms with Crippen LogP contribution < -0.4 is 5.32 Å². The molecule has 104 valence electrons. The van der Waals surface area contributed by atoms with Crippen molar-refractivity contribution in [3.8, 4) is 0 Å². The maximum Gasteiger partial charge on any atom is 0.435 e. The summed E-state index contributed by atoms with van der Waals surface area (Å²) in [7, 11) is 0. The van der Waals surface area contributed by atoms with E-state index in [1.165, 1.54) is 10.9 Å². The normalized spacial score (nSPS) is 14.8. The molecule has 6 heteroatoms. The number of hydrogen-bond donors (Lipinski definition) is 1. The Balaban J connectivity index is 2.50. The topological polar surface area (TPSA) is 29.9 Å². The van der Waals surface area contributed by atoms with Crippen LogP contribution in [0.4, 0.5) is 13.2 Å². The van der Waals surface area contributed by atoms with Crippen LogP contribution in [0.5, 0.6) is 0 Å². The molecule has 1 aromatic heterocycles. The summed E-state index contributed by atoms with van der Waals surface area (Å²) >= 11 is 0. The van der Waals surface area contributed by atoms with Gasteiger partial charge >= 0.3 is 6.18 Å². The van der Waals surface area contributed by atoms with Crippen LogP contribution in [0, 0.1) is 5.92 Å². The Morgan fingerprint density at radius 1 is 1.33 bits per heavy atom. The molecule has 3 nitrogen and oxygen atoms in total. The fourth-order valence-corrected chi connectivity index (χ4v) is 1.48. The highest BCUT2D eigenvalue weighted by molar-refractivity contribution is 5.03. The number of nitrogens with zero attached hydrogens (tertiary/aromatic N) is 2. The molecule has 0 aliphatic heterocycles. The van der Waals surface area contributed by atoms with Crippen molar-refractivity contribution in [1.82, 2.24) is 15.1 Å². The first-order valence-electron chi connectivity index (χ1n) is 5.93. The molecule has 1 aromatic rings. The van der Waals surface area contributed by atoms with Crippen LogP contribution in [-0.2, 0) is 12.7 Å². The van der Waals surface area contributed by atoms with Crippen LogP contribution in [0.15, 0.2) is 12.3 Å². The molecule has 0 aliphatic rings. The Bertz CT molecular complexity index is 377. The molecular weight excluding hydrogens is 243 g/mol. The van der Waals surface area contributed by atoms with E-state index in [0.717, 1.165) is 12.6 Å². The van der Waals surface area contributed by atoms with Gasteiger partial charge in [0.05, 0.1) is 0 Å². The molecule has 0 bridgehead atoms. The number of nitrogens with one attached hydrogen (secondary N) is 1. The molecule has 1 rings (SSSR count). The largest absolute Gasteiger partial charge is 0.435 e. The van der Waals surface area contributed by atoms with Crippen LogP contribution in [0.3, 0.4) is 0 Å². The first-order valence-corrected chi connectivity index (χ1v) is 5.93. The fourth-order valence-electron chi connectivity index (χ4n) is 1.48. The third-order valence-electron chi connectivity index (χ3n) is 2.41. The first-order chi connectivity index (χ1) is 8.08. The van der Waals surface area contributed by atoms with Gasteiger partial charge in [0, 0.05) is 18.3 Å². The summed E-state index contributed by atoms with van der Waals surface area (Å²) in [5.41, 5.74) is -0.825. The van der Waals surface area contributed by atoms with E-state index in [-0.39, 0.29) is 11.5 Å². The van der Waals surface area contributed by atoms with E-state index >= 15 is 0 Å². The SMILES string of the molecule is CC(CNC(C)(C)C)Cn1ccc(C(F)(F)F)n1. The van der Waals surface area contributed by atoms with Gasteiger partial charge in [-0.3, -0.25) is 4.68 Å². The second-order valence-corrected chi connectivity index (χ2v) is 5.66. The van der Waals surface area contributed by atoms with Crippen LogP contribution in [0.1, 0.15) is 33.4 Å². The monoisotopic (exact) mass is 263 g/mol. The van der Waals surface area contributed by atoms with Gasteiger partial charge in [0.1, 0.15) is 0 Å². The summed E-state index contributed by atoms with van der Waals surface area (Å²) in [6.07, 6.45) is -2.99. The second kappa shape index (κ2) is 5.30. The molecule has 18 heavy (non-hydrogen) atoms. The van der Waals surface area contributed by atoms with E-state index in [0.29, 0.717) is 6.54 Å². The smallest absolute Gasteiger partial charge is 0.312 e. The summed E-state index contributed by atoms with van der Waals surface area (Å²) in [6.45, 7) is 9.34. The average Bonchev–Trinajstić information content (AvgIpc) is 2.61. The predicted octanol–water partition coefficient (Wildman–Crippen LogP) is 2.93. The number of halogens is 3. The number of hydrogen-bond acceptors (Lipinski definition) is 2. The minimum absolute atomic E-state index is 0.00943. The minimum atomic E-state index is -4.36. The van der Waals surface area contributed by atoms with E-state index in [1.807, 2.05) is 6.92 Å². The van der Waals surface area contributed by atoms with E-state index in [4.69, 9.17) is 0 Å². The Morgan fingerprint density at radius 3 is 2.39 bits per heavy atom. The van der Waals surface area contributed by atoms with Gasteiger partial charge in [-0.05, 0) is 39.3 Å². The van der Waals surface area contributed by atoms with Gasteiger partial charge < -0.3 is 5.32 Å². The molecule has 1 atom stereocenters. The molecule has 0 amide bonds. The van der Waals surface area contributed by atoms with E-state index in [2.05, 4.69) is 31.2 Å². The van der Waals surface area contributed by atoms with Gasteiger partial charge in [0.2, 0.25) is 0 Å². The fraction of sp³-hybridized carbons (Fsp3) is 0.750. The van der Waals surface area contributed by atoms with Crippen molar-refractivity contribution in [3.63, 3.8) is 0 Å². The van der Waals surface area contributed by atoms with E-state index < -0.39 is 11.9 Å². The van der Waals surface area contributed by atoms with Crippen molar-refractivity contribution in [1.29, 1.82) is 0 Å². The second-order valence-electron chi connectivity index (χ2n) is 5.66. The van der Waals surface area contributed by atoms with Crippen molar-refractivity contribution in [2.45, 2.75) is 46.0 Å². The van der Waals surface area contributed by atoms with Crippen molar-refractivity contribution < 1.29 is 13.2 Å². The lowest BCUT2D eigenvalue weighted by Crippen LogP contribution is -2.39.